The maximum absolute atomic E-state index is 12.0. The van der Waals surface area contributed by atoms with Crippen molar-refractivity contribution in [1.82, 2.24) is 0 Å². The van der Waals surface area contributed by atoms with Gasteiger partial charge in [-0.3, -0.25) is 4.79 Å². The van der Waals surface area contributed by atoms with Gasteiger partial charge in [-0.25, -0.2) is 0 Å². The van der Waals surface area contributed by atoms with Gasteiger partial charge in [-0.2, -0.15) is 0 Å². The number of nitrogens with one attached hydrogen (secondary N) is 2. The first kappa shape index (κ1) is 11.5. The first-order valence-electron chi connectivity index (χ1n) is 6.22. The molecular formula is C16H14N2O. The highest BCUT2D eigenvalue weighted by atomic mass is 16.2. The largest absolute Gasteiger partial charge is 0.369 e. The number of anilines is 2. The van der Waals surface area contributed by atoms with Gasteiger partial charge in [0.15, 0.2) is 0 Å². The molecule has 0 spiro atoms. The van der Waals surface area contributed by atoms with E-state index in [1.165, 1.54) is 0 Å². The van der Waals surface area contributed by atoms with E-state index in [4.69, 9.17) is 0 Å². The zero-order valence-corrected chi connectivity index (χ0v) is 10.3. The van der Waals surface area contributed by atoms with Crippen LogP contribution in [0.2, 0.25) is 0 Å². The normalized spacial score (nSPS) is 17.7. The van der Waals surface area contributed by atoms with E-state index in [0.29, 0.717) is 0 Å². The van der Waals surface area contributed by atoms with Crippen LogP contribution in [-0.2, 0) is 4.79 Å². The molecule has 0 fully saturated rings. The lowest BCUT2D eigenvalue weighted by atomic mass is 10.1. The molecule has 19 heavy (non-hydrogen) atoms. The third-order valence-corrected chi connectivity index (χ3v) is 3.06. The summed E-state index contributed by atoms with van der Waals surface area (Å²) in [6.07, 6.45) is 3.83. The molecule has 1 amide bonds. The van der Waals surface area contributed by atoms with Gasteiger partial charge in [0.1, 0.15) is 6.04 Å². The lowest BCUT2D eigenvalue weighted by Crippen LogP contribution is -2.37. The van der Waals surface area contributed by atoms with Crippen LogP contribution >= 0.6 is 0 Å². The van der Waals surface area contributed by atoms with E-state index in [1.54, 1.807) is 0 Å². The predicted molar refractivity (Wildman–Crippen MR) is 78.0 cm³/mol. The van der Waals surface area contributed by atoms with Crippen LogP contribution < -0.4 is 10.6 Å². The van der Waals surface area contributed by atoms with E-state index in [1.807, 2.05) is 66.7 Å². The zero-order valence-electron chi connectivity index (χ0n) is 10.3. The molecule has 0 aromatic heterocycles. The van der Waals surface area contributed by atoms with E-state index in [9.17, 15) is 4.79 Å². The summed E-state index contributed by atoms with van der Waals surface area (Å²) in [6.45, 7) is 0. The molecule has 3 heteroatoms. The zero-order chi connectivity index (χ0) is 13.1. The second-order valence-corrected chi connectivity index (χ2v) is 4.43. The molecule has 1 aliphatic rings. The second-order valence-electron chi connectivity index (χ2n) is 4.43. The van der Waals surface area contributed by atoms with Crippen molar-refractivity contribution in [3.8, 4) is 0 Å². The van der Waals surface area contributed by atoms with E-state index in [-0.39, 0.29) is 11.9 Å². The number of amides is 1. The van der Waals surface area contributed by atoms with Crippen molar-refractivity contribution in [3.05, 3.63) is 66.2 Å². The summed E-state index contributed by atoms with van der Waals surface area (Å²) >= 11 is 0. The molecule has 0 radical (unpaired) electrons. The summed E-state index contributed by atoms with van der Waals surface area (Å²) in [5.74, 6) is -0.0362. The average molecular weight is 250 g/mol. The smallest absolute Gasteiger partial charge is 0.250 e. The fraction of sp³-hybridized carbons (Fsp3) is 0.0625. The number of benzene rings is 2. The average Bonchev–Trinajstić information content (AvgIpc) is 2.46. The van der Waals surface area contributed by atoms with E-state index >= 15 is 0 Å². The molecule has 0 saturated heterocycles. The number of hydrogen-bond acceptors (Lipinski definition) is 2. The molecule has 3 nitrogen and oxygen atoms in total. The monoisotopic (exact) mass is 250 g/mol. The van der Waals surface area contributed by atoms with Gasteiger partial charge in [0.05, 0.1) is 11.4 Å². The topological polar surface area (TPSA) is 41.1 Å². The molecule has 1 atom stereocenters. The molecule has 2 aromatic rings. The molecule has 94 valence electrons. The molecule has 0 aliphatic carbocycles. The Morgan fingerprint density at radius 2 is 1.58 bits per heavy atom. The molecule has 0 saturated carbocycles. The van der Waals surface area contributed by atoms with Crippen LogP contribution in [0.4, 0.5) is 11.4 Å². The summed E-state index contributed by atoms with van der Waals surface area (Å²) in [4.78, 5) is 12.0. The molecule has 1 heterocycles. The Balaban J connectivity index is 1.80. The fourth-order valence-electron chi connectivity index (χ4n) is 2.07. The number of para-hydroxylation sites is 2. The van der Waals surface area contributed by atoms with Crippen molar-refractivity contribution in [2.24, 2.45) is 0 Å². The van der Waals surface area contributed by atoms with Gasteiger partial charge in [-0.15, -0.1) is 0 Å². The molecule has 0 bridgehead atoms. The lowest BCUT2D eigenvalue weighted by Gasteiger charge is -2.24. The Bertz CT molecular complexity index is 620. The number of carbonyl (C=O) groups is 1. The SMILES string of the molecule is O=C1Nc2ccccc2NC1/C=C/c1ccccc1. The number of hydrogen-bond donors (Lipinski definition) is 2. The minimum atomic E-state index is -0.338. The standard InChI is InChI=1S/C16H14N2O/c19-16-15(11-10-12-6-2-1-3-7-12)17-13-8-4-5-9-14(13)18-16/h1-11,15,17H,(H,18,19)/b11-10+. The molecule has 2 N–H and O–H groups in total. The van der Waals surface area contributed by atoms with Crippen LogP contribution in [0.3, 0.4) is 0 Å². The first-order chi connectivity index (χ1) is 9.33. The van der Waals surface area contributed by atoms with Gasteiger partial charge >= 0.3 is 0 Å². The summed E-state index contributed by atoms with van der Waals surface area (Å²) in [7, 11) is 0. The summed E-state index contributed by atoms with van der Waals surface area (Å²) in [6, 6.07) is 17.3. The van der Waals surface area contributed by atoms with Gasteiger partial charge in [0.2, 0.25) is 0 Å². The lowest BCUT2D eigenvalue weighted by molar-refractivity contribution is -0.116. The predicted octanol–water partition coefficient (Wildman–Crippen LogP) is 3.13. The van der Waals surface area contributed by atoms with Crippen LogP contribution in [-0.4, -0.2) is 11.9 Å². The van der Waals surface area contributed by atoms with Crippen molar-refractivity contribution in [2.45, 2.75) is 6.04 Å². The second kappa shape index (κ2) is 4.98. The van der Waals surface area contributed by atoms with E-state index in [0.717, 1.165) is 16.9 Å². The Kier molecular flexibility index (Phi) is 3.02. The molecule has 1 aliphatic heterocycles. The number of carbonyl (C=O) groups excluding carboxylic acids is 1. The van der Waals surface area contributed by atoms with Gasteiger partial charge in [-0.05, 0) is 17.7 Å². The number of fused-ring (bicyclic) bond motifs is 1. The van der Waals surface area contributed by atoms with Crippen LogP contribution in [0.5, 0.6) is 0 Å². The van der Waals surface area contributed by atoms with Gasteiger partial charge in [-0.1, -0.05) is 54.6 Å². The van der Waals surface area contributed by atoms with Crippen LogP contribution in [0, 0.1) is 0 Å². The molecule has 1 unspecified atom stereocenters. The van der Waals surface area contributed by atoms with Gasteiger partial charge in [0, 0.05) is 0 Å². The fourth-order valence-corrected chi connectivity index (χ4v) is 2.07. The summed E-state index contributed by atoms with van der Waals surface area (Å²) < 4.78 is 0. The first-order valence-corrected chi connectivity index (χ1v) is 6.22. The van der Waals surface area contributed by atoms with Crippen molar-refractivity contribution < 1.29 is 4.79 Å². The van der Waals surface area contributed by atoms with Crippen molar-refractivity contribution in [2.75, 3.05) is 10.6 Å². The third-order valence-electron chi connectivity index (χ3n) is 3.06. The highest BCUT2D eigenvalue weighted by Crippen LogP contribution is 2.26. The Morgan fingerprint density at radius 1 is 0.895 bits per heavy atom. The van der Waals surface area contributed by atoms with Gasteiger partial charge in [0.25, 0.3) is 5.91 Å². The quantitative estimate of drug-likeness (QED) is 0.859. The maximum Gasteiger partial charge on any atom is 0.250 e. The number of rotatable bonds is 2. The minimum absolute atomic E-state index is 0.0362. The third kappa shape index (κ3) is 2.50. The van der Waals surface area contributed by atoms with Crippen molar-refractivity contribution >= 4 is 23.4 Å². The highest BCUT2D eigenvalue weighted by molar-refractivity contribution is 6.04. The molecule has 2 aromatic carbocycles. The van der Waals surface area contributed by atoms with Gasteiger partial charge < -0.3 is 10.6 Å². The molecule has 3 rings (SSSR count). The van der Waals surface area contributed by atoms with Crippen molar-refractivity contribution in [3.63, 3.8) is 0 Å². The Labute approximate surface area is 112 Å². The summed E-state index contributed by atoms with van der Waals surface area (Å²) in [5, 5.41) is 6.11. The Morgan fingerprint density at radius 3 is 2.37 bits per heavy atom. The van der Waals surface area contributed by atoms with E-state index in [2.05, 4.69) is 10.6 Å². The van der Waals surface area contributed by atoms with Crippen LogP contribution in [0.25, 0.3) is 6.08 Å². The summed E-state index contributed by atoms with van der Waals surface area (Å²) in [5.41, 5.74) is 2.86. The Hall–Kier alpha value is -2.55. The van der Waals surface area contributed by atoms with E-state index < -0.39 is 0 Å². The van der Waals surface area contributed by atoms with Crippen LogP contribution in [0.15, 0.2) is 60.7 Å². The highest BCUT2D eigenvalue weighted by Gasteiger charge is 2.22. The molecular weight excluding hydrogens is 236 g/mol. The van der Waals surface area contributed by atoms with Crippen LogP contribution in [0.1, 0.15) is 5.56 Å². The van der Waals surface area contributed by atoms with Crippen molar-refractivity contribution in [1.29, 1.82) is 0 Å². The minimum Gasteiger partial charge on any atom is -0.369 e. The maximum atomic E-state index is 12.0.